The number of unbranched alkanes of at least 4 members (excludes halogenated alkanes) is 2. The summed E-state index contributed by atoms with van der Waals surface area (Å²) >= 11 is 1.30. The van der Waals surface area contributed by atoms with E-state index >= 15 is 0 Å². The van der Waals surface area contributed by atoms with Gasteiger partial charge in [0.05, 0.1) is 17.1 Å². The standard InChI is InChI=1S/C26H35N5O3S2/c1-4-5-6-8-20-11-13-22(14-12-20)30-36(33,34)23-10-7-9-21(17-23)24-19-35-26(28-24)29-25(32)18-27-15-16-31(2)3/h7,9-14,17,19,27,30H,4-6,8,15-16,18H2,1-3H3,(H,28,29,32). The van der Waals surface area contributed by atoms with Gasteiger partial charge >= 0.3 is 0 Å². The Bertz CT molecular complexity index is 1220. The lowest BCUT2D eigenvalue weighted by molar-refractivity contribution is -0.115. The smallest absolute Gasteiger partial charge is 0.261 e. The van der Waals surface area contributed by atoms with Gasteiger partial charge in [-0.05, 0) is 56.8 Å². The summed E-state index contributed by atoms with van der Waals surface area (Å²) < 4.78 is 28.7. The van der Waals surface area contributed by atoms with Gasteiger partial charge in [-0.15, -0.1) is 11.3 Å². The minimum absolute atomic E-state index is 0.149. The molecule has 10 heteroatoms. The Balaban J connectivity index is 1.61. The van der Waals surface area contributed by atoms with E-state index in [1.807, 2.05) is 31.1 Å². The predicted octanol–water partition coefficient (Wildman–Crippen LogP) is 4.43. The second-order valence-corrected chi connectivity index (χ2v) is 11.4. The SMILES string of the molecule is CCCCCc1ccc(NS(=O)(=O)c2cccc(-c3csc(NC(=O)CNCCN(C)C)n3)c2)cc1. The number of nitrogens with one attached hydrogen (secondary N) is 3. The Morgan fingerprint density at radius 2 is 1.86 bits per heavy atom. The third-order valence-electron chi connectivity index (χ3n) is 5.49. The Hall–Kier alpha value is -2.79. The van der Waals surface area contributed by atoms with Gasteiger partial charge in [0.25, 0.3) is 10.0 Å². The van der Waals surface area contributed by atoms with Crippen LogP contribution < -0.4 is 15.4 Å². The van der Waals surface area contributed by atoms with Gasteiger partial charge < -0.3 is 15.5 Å². The number of rotatable bonds is 14. The average molecular weight is 530 g/mol. The maximum Gasteiger partial charge on any atom is 0.261 e. The molecule has 0 saturated heterocycles. The monoisotopic (exact) mass is 529 g/mol. The van der Waals surface area contributed by atoms with Crippen LogP contribution in [0.3, 0.4) is 0 Å². The van der Waals surface area contributed by atoms with E-state index in [1.54, 1.807) is 41.8 Å². The van der Waals surface area contributed by atoms with Crippen molar-refractivity contribution < 1.29 is 13.2 Å². The number of amides is 1. The van der Waals surface area contributed by atoms with Gasteiger partial charge in [0.2, 0.25) is 5.91 Å². The molecule has 0 bridgehead atoms. The molecule has 0 atom stereocenters. The molecule has 0 spiro atoms. The summed E-state index contributed by atoms with van der Waals surface area (Å²) in [5, 5.41) is 8.13. The van der Waals surface area contributed by atoms with Gasteiger partial charge in [-0.1, -0.05) is 44.0 Å². The van der Waals surface area contributed by atoms with E-state index in [1.165, 1.54) is 29.7 Å². The summed E-state index contributed by atoms with van der Waals surface area (Å²) in [6, 6.07) is 14.2. The number of hydrogen-bond acceptors (Lipinski definition) is 7. The highest BCUT2D eigenvalue weighted by molar-refractivity contribution is 7.92. The van der Waals surface area contributed by atoms with E-state index in [0.29, 0.717) is 28.6 Å². The summed E-state index contributed by atoms with van der Waals surface area (Å²) in [5.74, 6) is -0.174. The number of anilines is 2. The molecule has 8 nitrogen and oxygen atoms in total. The van der Waals surface area contributed by atoms with Crippen molar-refractivity contribution in [2.75, 3.05) is 43.8 Å². The zero-order valence-electron chi connectivity index (χ0n) is 21.1. The number of hydrogen-bond donors (Lipinski definition) is 3. The number of aryl methyl sites for hydroxylation is 1. The van der Waals surface area contributed by atoms with Gasteiger partial charge in [-0.25, -0.2) is 13.4 Å². The summed E-state index contributed by atoms with van der Waals surface area (Å²) in [4.78, 5) is 18.8. The zero-order valence-corrected chi connectivity index (χ0v) is 22.7. The highest BCUT2D eigenvalue weighted by atomic mass is 32.2. The van der Waals surface area contributed by atoms with Crippen molar-refractivity contribution in [3.05, 3.63) is 59.5 Å². The Kier molecular flexibility index (Phi) is 10.4. The number of nitrogens with zero attached hydrogens (tertiary/aromatic N) is 2. The number of carbonyl (C=O) groups is 1. The van der Waals surface area contributed by atoms with E-state index in [-0.39, 0.29) is 17.3 Å². The fraction of sp³-hybridized carbons (Fsp3) is 0.385. The maximum atomic E-state index is 13.0. The van der Waals surface area contributed by atoms with E-state index in [9.17, 15) is 13.2 Å². The lowest BCUT2D eigenvalue weighted by Gasteiger charge is -2.10. The van der Waals surface area contributed by atoms with E-state index in [2.05, 4.69) is 27.3 Å². The summed E-state index contributed by atoms with van der Waals surface area (Å²) in [7, 11) is 0.183. The Labute approximate surface area is 218 Å². The van der Waals surface area contributed by atoms with Crippen LogP contribution in [0, 0.1) is 0 Å². The Morgan fingerprint density at radius 1 is 1.08 bits per heavy atom. The van der Waals surface area contributed by atoms with Crippen LogP contribution in [0.4, 0.5) is 10.8 Å². The van der Waals surface area contributed by atoms with Crippen LogP contribution in [0.2, 0.25) is 0 Å². The molecule has 1 aromatic heterocycles. The number of carbonyl (C=O) groups excluding carboxylic acids is 1. The molecule has 0 aliphatic heterocycles. The largest absolute Gasteiger partial charge is 0.308 e. The number of benzene rings is 2. The normalized spacial score (nSPS) is 11.6. The van der Waals surface area contributed by atoms with Crippen LogP contribution in [-0.4, -0.2) is 57.9 Å². The molecule has 36 heavy (non-hydrogen) atoms. The highest BCUT2D eigenvalue weighted by Crippen LogP contribution is 2.27. The van der Waals surface area contributed by atoms with E-state index in [0.717, 1.165) is 19.4 Å². The number of likely N-dealkylation sites (N-methyl/N-ethyl adjacent to an activating group) is 1. The van der Waals surface area contributed by atoms with Crippen LogP contribution in [0.5, 0.6) is 0 Å². The fourth-order valence-electron chi connectivity index (χ4n) is 3.49. The molecule has 0 aliphatic rings. The quantitative estimate of drug-likeness (QED) is 0.267. The minimum atomic E-state index is -3.76. The van der Waals surface area contributed by atoms with Crippen LogP contribution in [0.25, 0.3) is 11.3 Å². The van der Waals surface area contributed by atoms with Crippen molar-refractivity contribution in [3.8, 4) is 11.3 Å². The lowest BCUT2D eigenvalue weighted by Crippen LogP contribution is -2.33. The van der Waals surface area contributed by atoms with Crippen molar-refractivity contribution in [2.24, 2.45) is 0 Å². The lowest BCUT2D eigenvalue weighted by atomic mass is 10.1. The molecule has 2 aromatic carbocycles. The van der Waals surface area contributed by atoms with Crippen LogP contribution >= 0.6 is 11.3 Å². The van der Waals surface area contributed by atoms with Gasteiger partial charge in [-0.2, -0.15) is 0 Å². The molecule has 1 amide bonds. The third kappa shape index (κ3) is 8.70. The molecule has 194 valence electrons. The minimum Gasteiger partial charge on any atom is -0.308 e. The van der Waals surface area contributed by atoms with Gasteiger partial charge in [0.15, 0.2) is 5.13 Å². The van der Waals surface area contributed by atoms with E-state index in [4.69, 9.17) is 0 Å². The molecule has 0 fully saturated rings. The zero-order chi connectivity index (χ0) is 26.0. The maximum absolute atomic E-state index is 13.0. The van der Waals surface area contributed by atoms with Crippen LogP contribution in [-0.2, 0) is 21.2 Å². The van der Waals surface area contributed by atoms with Crippen molar-refractivity contribution in [3.63, 3.8) is 0 Å². The van der Waals surface area contributed by atoms with Gasteiger partial charge in [0, 0.05) is 29.7 Å². The molecule has 0 aliphatic carbocycles. The molecule has 3 N–H and O–H groups in total. The molecule has 3 rings (SSSR count). The second kappa shape index (κ2) is 13.5. The van der Waals surface area contributed by atoms with Crippen molar-refractivity contribution >= 4 is 38.1 Å². The predicted molar refractivity (Wildman–Crippen MR) is 148 cm³/mol. The molecule has 3 aromatic rings. The molecule has 1 heterocycles. The molecule has 0 saturated carbocycles. The van der Waals surface area contributed by atoms with Gasteiger partial charge in [-0.3, -0.25) is 9.52 Å². The first-order valence-corrected chi connectivity index (χ1v) is 14.5. The third-order valence-corrected chi connectivity index (χ3v) is 7.62. The second-order valence-electron chi connectivity index (χ2n) is 8.85. The van der Waals surface area contributed by atoms with E-state index < -0.39 is 10.0 Å². The number of aromatic nitrogens is 1. The van der Waals surface area contributed by atoms with Crippen LogP contribution in [0.15, 0.2) is 58.8 Å². The molecule has 0 radical (unpaired) electrons. The molecular formula is C26H35N5O3S2. The topological polar surface area (TPSA) is 103 Å². The van der Waals surface area contributed by atoms with Crippen molar-refractivity contribution in [2.45, 2.75) is 37.5 Å². The number of thiazole rings is 1. The molecule has 0 unspecified atom stereocenters. The average Bonchev–Trinajstić information content (AvgIpc) is 3.31. The van der Waals surface area contributed by atoms with Crippen molar-refractivity contribution in [1.29, 1.82) is 0 Å². The summed E-state index contributed by atoms with van der Waals surface area (Å²) in [6.07, 6.45) is 4.48. The van der Waals surface area contributed by atoms with Gasteiger partial charge in [0.1, 0.15) is 0 Å². The fourth-order valence-corrected chi connectivity index (χ4v) is 5.33. The van der Waals surface area contributed by atoms with Crippen LogP contribution in [0.1, 0.15) is 31.7 Å². The first kappa shape index (κ1) is 27.8. The Morgan fingerprint density at radius 3 is 2.58 bits per heavy atom. The highest BCUT2D eigenvalue weighted by Gasteiger charge is 2.16. The summed E-state index contributed by atoms with van der Waals surface area (Å²) in [5.41, 5.74) is 2.98. The first-order chi connectivity index (χ1) is 17.3. The first-order valence-electron chi connectivity index (χ1n) is 12.1. The summed E-state index contributed by atoms with van der Waals surface area (Å²) in [6.45, 7) is 3.92. The number of sulfonamides is 1. The van der Waals surface area contributed by atoms with Crippen molar-refractivity contribution in [1.82, 2.24) is 15.2 Å². The molecular weight excluding hydrogens is 494 g/mol.